The fourth-order valence-corrected chi connectivity index (χ4v) is 4.58. The van der Waals surface area contributed by atoms with E-state index in [1.807, 2.05) is 6.07 Å². The molecule has 0 amide bonds. The lowest BCUT2D eigenvalue weighted by Gasteiger charge is -2.16. The maximum atomic E-state index is 12.6. The van der Waals surface area contributed by atoms with E-state index in [0.717, 1.165) is 5.56 Å². The average molecular weight is 390 g/mol. The van der Waals surface area contributed by atoms with E-state index in [1.54, 1.807) is 50.2 Å². The first kappa shape index (κ1) is 19.8. The summed E-state index contributed by atoms with van der Waals surface area (Å²) in [5.74, 6) is 0.687. The van der Waals surface area contributed by atoms with Gasteiger partial charge in [-0.15, -0.1) is 0 Å². The number of aliphatic hydroxyl groups excluding tert-OH is 1. The van der Waals surface area contributed by atoms with Gasteiger partial charge in [-0.1, -0.05) is 36.4 Å². The van der Waals surface area contributed by atoms with Gasteiger partial charge in [0.05, 0.1) is 24.9 Å². The van der Waals surface area contributed by atoms with Crippen LogP contribution < -0.4 is 4.74 Å². The van der Waals surface area contributed by atoms with Crippen molar-refractivity contribution in [3.8, 4) is 11.5 Å². The number of aliphatic hydroxyl groups is 1. The predicted octanol–water partition coefficient (Wildman–Crippen LogP) is 4.52. The van der Waals surface area contributed by atoms with Gasteiger partial charge in [-0.2, -0.15) is 0 Å². The van der Waals surface area contributed by atoms with Crippen LogP contribution in [-0.4, -0.2) is 30.3 Å². The Hall–Kier alpha value is -1.98. The summed E-state index contributed by atoms with van der Waals surface area (Å²) in [5.41, 5.74) is 1.73. The lowest BCUT2D eigenvalue weighted by molar-refractivity contribution is 0.0747. The van der Waals surface area contributed by atoms with Crippen LogP contribution >= 0.6 is 7.60 Å². The van der Waals surface area contributed by atoms with E-state index in [0.29, 0.717) is 42.3 Å². The molecule has 1 atom stereocenters. The van der Waals surface area contributed by atoms with Gasteiger partial charge in [0.2, 0.25) is 0 Å². The SMILES string of the molecule is CCOP(=O)(CCc1ccc(C(=O)C(O)c2ccccc2)c2c1O2)OCC. The Bertz CT molecular complexity index is 854. The third kappa shape index (κ3) is 4.47. The van der Waals surface area contributed by atoms with Crippen molar-refractivity contribution in [2.45, 2.75) is 26.4 Å². The van der Waals surface area contributed by atoms with Crippen molar-refractivity contribution in [3.63, 3.8) is 0 Å². The number of hydrogen-bond acceptors (Lipinski definition) is 6. The van der Waals surface area contributed by atoms with Gasteiger partial charge in [0.25, 0.3) is 0 Å². The van der Waals surface area contributed by atoms with Crippen LogP contribution in [0.15, 0.2) is 42.5 Å². The standard InChI is InChI=1S/C20H23O6P/c1-3-24-27(23,25-4-2)13-12-15-10-11-16(20-19(15)26-20)18(22)17(21)14-8-6-5-7-9-14/h5-11,17,21H,3-4,12-13H2,1-2H3. The number of aryl methyl sites for hydroxylation is 1. The molecule has 7 heteroatoms. The first-order valence-electron chi connectivity index (χ1n) is 8.98. The van der Waals surface area contributed by atoms with E-state index < -0.39 is 19.5 Å². The molecule has 1 N–H and O–H groups in total. The number of hydrogen-bond donors (Lipinski definition) is 1. The molecule has 0 aromatic heterocycles. The summed E-state index contributed by atoms with van der Waals surface area (Å²) in [6, 6.07) is 12.2. The Morgan fingerprint density at radius 1 is 1.07 bits per heavy atom. The average Bonchev–Trinajstić information content (AvgIpc) is 3.47. The minimum Gasteiger partial charge on any atom is -0.448 e. The third-order valence-corrected chi connectivity index (χ3v) is 6.37. The molecule has 1 unspecified atom stereocenters. The van der Waals surface area contributed by atoms with Crippen LogP contribution in [0.1, 0.15) is 41.4 Å². The molecule has 1 aliphatic heterocycles. The van der Waals surface area contributed by atoms with Crippen LogP contribution in [0.4, 0.5) is 0 Å². The van der Waals surface area contributed by atoms with Crippen LogP contribution in [-0.2, 0) is 20.0 Å². The highest BCUT2D eigenvalue weighted by atomic mass is 31.2. The van der Waals surface area contributed by atoms with Crippen molar-refractivity contribution in [3.05, 3.63) is 59.2 Å². The normalized spacial score (nSPS) is 13.6. The Labute approximate surface area is 158 Å². The lowest BCUT2D eigenvalue weighted by atomic mass is 9.99. The van der Waals surface area contributed by atoms with Crippen LogP contribution in [0, 0.1) is 0 Å². The lowest BCUT2D eigenvalue weighted by Crippen LogP contribution is -2.11. The summed E-state index contributed by atoms with van der Waals surface area (Å²) in [6.45, 7) is 4.18. The zero-order valence-electron chi connectivity index (χ0n) is 15.4. The van der Waals surface area contributed by atoms with Crippen LogP contribution in [0.5, 0.6) is 11.5 Å². The van der Waals surface area contributed by atoms with Crippen molar-refractivity contribution in [2.24, 2.45) is 0 Å². The first-order valence-corrected chi connectivity index (χ1v) is 10.7. The molecular formula is C20H23O6P. The molecule has 0 saturated carbocycles. The van der Waals surface area contributed by atoms with Crippen LogP contribution in [0.2, 0.25) is 0 Å². The number of benzene rings is 2. The number of carbonyl (C=O) groups excluding carboxylic acids is 1. The number of fused-ring (bicyclic) bond motifs is 1. The maximum Gasteiger partial charge on any atom is 0.330 e. The number of ether oxygens (including phenoxy) is 1. The molecule has 6 nitrogen and oxygen atoms in total. The molecule has 1 aliphatic rings. The Morgan fingerprint density at radius 2 is 1.74 bits per heavy atom. The minimum absolute atomic E-state index is 0.240. The largest absolute Gasteiger partial charge is 0.448 e. The van der Waals surface area contributed by atoms with Gasteiger partial charge in [-0.3, -0.25) is 9.36 Å². The highest BCUT2D eigenvalue weighted by Crippen LogP contribution is 2.54. The molecule has 1 heterocycles. The van der Waals surface area contributed by atoms with E-state index in [4.69, 9.17) is 13.8 Å². The quantitative estimate of drug-likeness (QED) is 0.311. The molecular weight excluding hydrogens is 367 g/mol. The van der Waals surface area contributed by atoms with Gasteiger partial charge >= 0.3 is 7.60 Å². The highest BCUT2D eigenvalue weighted by Gasteiger charge is 2.35. The van der Waals surface area contributed by atoms with Crippen LogP contribution in [0.3, 0.4) is 0 Å². The summed E-state index contributed by atoms with van der Waals surface area (Å²) in [6.07, 6.45) is -0.541. The first-order chi connectivity index (χ1) is 13.0. The Kier molecular flexibility index (Phi) is 6.12. The molecule has 0 spiro atoms. The minimum atomic E-state index is -3.13. The second-order valence-electron chi connectivity index (χ2n) is 6.13. The van der Waals surface area contributed by atoms with Crippen molar-refractivity contribution in [1.29, 1.82) is 0 Å². The van der Waals surface area contributed by atoms with E-state index in [1.165, 1.54) is 0 Å². The highest BCUT2D eigenvalue weighted by molar-refractivity contribution is 7.53. The van der Waals surface area contributed by atoms with Crippen LogP contribution in [0.25, 0.3) is 0 Å². The number of carbonyl (C=O) groups is 1. The van der Waals surface area contributed by atoms with E-state index in [9.17, 15) is 14.5 Å². The molecule has 144 valence electrons. The topological polar surface area (TPSA) is 85.4 Å². The van der Waals surface area contributed by atoms with Gasteiger partial charge in [0.15, 0.2) is 17.3 Å². The van der Waals surface area contributed by atoms with Crippen molar-refractivity contribution in [2.75, 3.05) is 19.4 Å². The second kappa shape index (κ2) is 8.36. The van der Waals surface area contributed by atoms with E-state index in [2.05, 4.69) is 0 Å². The summed E-state index contributed by atoms with van der Waals surface area (Å²) < 4.78 is 28.6. The molecule has 2 aromatic rings. The zero-order chi connectivity index (χ0) is 19.4. The van der Waals surface area contributed by atoms with E-state index >= 15 is 0 Å². The summed E-state index contributed by atoms with van der Waals surface area (Å²) >= 11 is 0. The van der Waals surface area contributed by atoms with Crippen molar-refractivity contribution >= 4 is 13.4 Å². The van der Waals surface area contributed by atoms with Gasteiger partial charge in [0, 0.05) is 0 Å². The number of ketones is 1. The molecule has 0 fully saturated rings. The van der Waals surface area contributed by atoms with Crippen molar-refractivity contribution < 1.29 is 28.3 Å². The molecule has 27 heavy (non-hydrogen) atoms. The molecule has 0 saturated heterocycles. The smallest absolute Gasteiger partial charge is 0.330 e. The molecule has 0 radical (unpaired) electrons. The molecule has 2 aromatic carbocycles. The summed E-state index contributed by atoms with van der Waals surface area (Å²) in [7, 11) is -3.13. The van der Waals surface area contributed by atoms with E-state index in [-0.39, 0.29) is 6.16 Å². The Balaban J connectivity index is 1.71. The number of Topliss-reactive ketones (excluding diaryl/α,β-unsaturated/α-hetero) is 1. The molecule has 0 bridgehead atoms. The zero-order valence-corrected chi connectivity index (χ0v) is 16.3. The monoisotopic (exact) mass is 390 g/mol. The fraction of sp³-hybridized carbons (Fsp3) is 0.350. The molecule has 3 rings (SSSR count). The Morgan fingerprint density at radius 3 is 2.37 bits per heavy atom. The predicted molar refractivity (Wildman–Crippen MR) is 102 cm³/mol. The summed E-state index contributed by atoms with van der Waals surface area (Å²) in [5, 5.41) is 10.3. The fourth-order valence-electron chi connectivity index (χ4n) is 2.94. The van der Waals surface area contributed by atoms with Gasteiger partial charge in [-0.25, -0.2) is 0 Å². The summed E-state index contributed by atoms with van der Waals surface area (Å²) in [4.78, 5) is 12.6. The van der Waals surface area contributed by atoms with Gasteiger partial charge in [0.1, 0.15) is 6.10 Å². The van der Waals surface area contributed by atoms with Gasteiger partial charge < -0.3 is 18.9 Å². The van der Waals surface area contributed by atoms with Gasteiger partial charge in [-0.05, 0) is 37.5 Å². The second-order valence-corrected chi connectivity index (χ2v) is 8.32. The van der Waals surface area contributed by atoms with Crippen molar-refractivity contribution in [1.82, 2.24) is 0 Å². The molecule has 0 aliphatic carbocycles. The maximum absolute atomic E-state index is 12.6. The number of rotatable bonds is 10. The third-order valence-electron chi connectivity index (χ3n) is 4.29.